The van der Waals surface area contributed by atoms with Gasteiger partial charge in [0, 0.05) is 12.1 Å². The van der Waals surface area contributed by atoms with Crippen molar-refractivity contribution in [3.8, 4) is 0 Å². The Morgan fingerprint density at radius 1 is 1.29 bits per heavy atom. The molecule has 0 aliphatic carbocycles. The summed E-state index contributed by atoms with van der Waals surface area (Å²) < 4.78 is 5.04. The number of carbonyl (C=O) groups excluding carboxylic acids is 1. The molecular formula is C14H21ClN2O4. The molecule has 0 saturated heterocycles. The minimum atomic E-state index is -1.12. The molecule has 7 heteroatoms. The molecule has 0 heterocycles. The van der Waals surface area contributed by atoms with Crippen LogP contribution in [0.3, 0.4) is 0 Å². The van der Waals surface area contributed by atoms with Crippen LogP contribution in [0.4, 0.5) is 10.5 Å². The van der Waals surface area contributed by atoms with E-state index in [1.807, 2.05) is 0 Å². The summed E-state index contributed by atoms with van der Waals surface area (Å²) in [5, 5.41) is 11.5. The fourth-order valence-corrected chi connectivity index (χ4v) is 1.54. The first-order valence-electron chi connectivity index (χ1n) is 6.24. The van der Waals surface area contributed by atoms with Crippen LogP contribution in [0.1, 0.15) is 26.3 Å². The van der Waals surface area contributed by atoms with E-state index in [1.54, 1.807) is 45.0 Å². The van der Waals surface area contributed by atoms with Crippen LogP contribution in [0, 0.1) is 0 Å². The number of rotatable bonds is 4. The van der Waals surface area contributed by atoms with Gasteiger partial charge >= 0.3 is 12.1 Å². The fraction of sp³-hybridized carbons (Fsp3) is 0.429. The Morgan fingerprint density at radius 2 is 1.81 bits per heavy atom. The van der Waals surface area contributed by atoms with Gasteiger partial charge in [-0.05, 0) is 38.5 Å². The normalized spacial score (nSPS) is 12.0. The Labute approximate surface area is 130 Å². The fourth-order valence-electron chi connectivity index (χ4n) is 1.54. The van der Waals surface area contributed by atoms with Crippen molar-refractivity contribution in [2.45, 2.75) is 38.8 Å². The summed E-state index contributed by atoms with van der Waals surface area (Å²) in [6.45, 7) is 5.13. The quantitative estimate of drug-likeness (QED) is 0.739. The molecule has 1 rings (SSSR count). The summed E-state index contributed by atoms with van der Waals surface area (Å²) in [6.07, 6.45) is -0.588. The van der Waals surface area contributed by atoms with Gasteiger partial charge < -0.3 is 20.9 Å². The molecule has 0 spiro atoms. The van der Waals surface area contributed by atoms with Crippen molar-refractivity contribution in [1.29, 1.82) is 0 Å². The number of nitrogens with two attached hydrogens (primary N) is 1. The Hall–Kier alpha value is -1.95. The van der Waals surface area contributed by atoms with E-state index in [4.69, 9.17) is 15.6 Å². The maximum atomic E-state index is 11.6. The molecule has 0 radical (unpaired) electrons. The summed E-state index contributed by atoms with van der Waals surface area (Å²) in [6, 6.07) is 5.77. The minimum absolute atomic E-state index is 0. The highest BCUT2D eigenvalue weighted by atomic mass is 35.5. The molecule has 0 aromatic heterocycles. The lowest BCUT2D eigenvalue weighted by molar-refractivity contribution is -0.139. The number of amides is 1. The average Bonchev–Trinajstić information content (AvgIpc) is 2.28. The Morgan fingerprint density at radius 3 is 2.24 bits per heavy atom. The molecule has 1 aromatic carbocycles. The predicted molar refractivity (Wildman–Crippen MR) is 82.6 cm³/mol. The van der Waals surface area contributed by atoms with Crippen LogP contribution in [-0.4, -0.2) is 28.8 Å². The topological polar surface area (TPSA) is 102 Å². The van der Waals surface area contributed by atoms with Gasteiger partial charge in [-0.1, -0.05) is 12.1 Å². The number of carboxylic acid groups (broad SMARTS) is 1. The molecule has 0 bridgehead atoms. The summed E-state index contributed by atoms with van der Waals surface area (Å²) in [5.41, 5.74) is 6.25. The zero-order valence-corrected chi connectivity index (χ0v) is 13.1. The molecule has 1 aromatic rings. The number of ether oxygens (including phenoxy) is 1. The van der Waals surface area contributed by atoms with Gasteiger partial charge in [0.2, 0.25) is 0 Å². The van der Waals surface area contributed by atoms with Crippen molar-refractivity contribution in [1.82, 2.24) is 5.32 Å². The molecular weight excluding hydrogens is 296 g/mol. The first-order valence-corrected chi connectivity index (χ1v) is 6.24. The van der Waals surface area contributed by atoms with E-state index < -0.39 is 23.7 Å². The third kappa shape index (κ3) is 7.41. The van der Waals surface area contributed by atoms with Gasteiger partial charge in [0.1, 0.15) is 11.6 Å². The molecule has 0 aliphatic heterocycles. The van der Waals surface area contributed by atoms with E-state index in [2.05, 4.69) is 5.32 Å². The number of benzene rings is 1. The third-order valence-corrected chi connectivity index (χ3v) is 2.41. The summed E-state index contributed by atoms with van der Waals surface area (Å²) in [4.78, 5) is 22.8. The summed E-state index contributed by atoms with van der Waals surface area (Å²) in [5.74, 6) is -1.12. The van der Waals surface area contributed by atoms with Crippen LogP contribution >= 0.6 is 12.4 Å². The molecule has 0 saturated carbocycles. The van der Waals surface area contributed by atoms with Crippen molar-refractivity contribution >= 4 is 30.2 Å². The first kappa shape index (κ1) is 19.1. The highest BCUT2D eigenvalue weighted by molar-refractivity contribution is 5.85. The molecule has 0 unspecified atom stereocenters. The van der Waals surface area contributed by atoms with Gasteiger partial charge in [-0.3, -0.25) is 0 Å². The highest BCUT2D eigenvalue weighted by Gasteiger charge is 2.24. The Bertz CT molecular complexity index is 483. The standard InChI is InChI=1S/C14H20N2O4.ClH/c1-14(2,3)20-13(19)16-11(12(17)18)8-9-4-6-10(15)7-5-9;/h4-7,11H,8,15H2,1-3H3,(H,16,19)(H,17,18);1H/t11-;/m0./s1. The van der Waals surface area contributed by atoms with E-state index in [0.29, 0.717) is 5.69 Å². The molecule has 0 fully saturated rings. The van der Waals surface area contributed by atoms with E-state index in [1.165, 1.54) is 0 Å². The predicted octanol–water partition coefficient (Wildman–Crippen LogP) is 2.21. The van der Waals surface area contributed by atoms with Gasteiger partial charge in [0.05, 0.1) is 0 Å². The van der Waals surface area contributed by atoms with Gasteiger partial charge in [-0.2, -0.15) is 0 Å². The van der Waals surface area contributed by atoms with Crippen molar-refractivity contribution < 1.29 is 19.4 Å². The Balaban J connectivity index is 0.00000400. The Kier molecular flexibility index (Phi) is 7.01. The van der Waals surface area contributed by atoms with Gasteiger partial charge in [0.15, 0.2) is 0 Å². The third-order valence-electron chi connectivity index (χ3n) is 2.41. The van der Waals surface area contributed by atoms with E-state index >= 15 is 0 Å². The highest BCUT2D eigenvalue weighted by Crippen LogP contribution is 2.10. The number of nitrogen functional groups attached to an aromatic ring is 1. The number of anilines is 1. The van der Waals surface area contributed by atoms with Gasteiger partial charge in [-0.15, -0.1) is 12.4 Å². The van der Waals surface area contributed by atoms with Crippen LogP contribution in [0.5, 0.6) is 0 Å². The number of hydrogen-bond acceptors (Lipinski definition) is 4. The minimum Gasteiger partial charge on any atom is -0.480 e. The second-order valence-electron chi connectivity index (χ2n) is 5.48. The number of hydrogen-bond donors (Lipinski definition) is 3. The smallest absolute Gasteiger partial charge is 0.408 e. The maximum absolute atomic E-state index is 11.6. The van der Waals surface area contributed by atoms with Crippen LogP contribution in [-0.2, 0) is 16.0 Å². The van der Waals surface area contributed by atoms with Crippen LogP contribution in [0.15, 0.2) is 24.3 Å². The number of aliphatic carboxylic acids is 1. The lowest BCUT2D eigenvalue weighted by atomic mass is 10.1. The van der Waals surface area contributed by atoms with Crippen molar-refractivity contribution in [2.75, 3.05) is 5.73 Å². The zero-order valence-electron chi connectivity index (χ0n) is 12.3. The molecule has 21 heavy (non-hydrogen) atoms. The van der Waals surface area contributed by atoms with E-state index in [0.717, 1.165) is 5.56 Å². The molecule has 1 amide bonds. The second kappa shape index (κ2) is 7.73. The molecule has 0 aliphatic rings. The average molecular weight is 317 g/mol. The van der Waals surface area contributed by atoms with Crippen LogP contribution < -0.4 is 11.1 Å². The lowest BCUT2D eigenvalue weighted by Crippen LogP contribution is -2.44. The number of alkyl carbamates (subject to hydrolysis) is 1. The van der Waals surface area contributed by atoms with Crippen molar-refractivity contribution in [2.24, 2.45) is 0 Å². The summed E-state index contributed by atoms with van der Waals surface area (Å²) in [7, 11) is 0. The molecule has 118 valence electrons. The van der Waals surface area contributed by atoms with Gasteiger partial charge in [-0.25, -0.2) is 9.59 Å². The largest absolute Gasteiger partial charge is 0.480 e. The molecule has 1 atom stereocenters. The van der Waals surface area contributed by atoms with Crippen molar-refractivity contribution in [3.63, 3.8) is 0 Å². The molecule has 4 N–H and O–H groups in total. The van der Waals surface area contributed by atoms with Crippen LogP contribution in [0.2, 0.25) is 0 Å². The van der Waals surface area contributed by atoms with Gasteiger partial charge in [0.25, 0.3) is 0 Å². The van der Waals surface area contributed by atoms with E-state index in [9.17, 15) is 9.59 Å². The maximum Gasteiger partial charge on any atom is 0.408 e. The second-order valence-corrected chi connectivity index (χ2v) is 5.48. The monoisotopic (exact) mass is 316 g/mol. The first-order chi connectivity index (χ1) is 9.17. The molecule has 6 nitrogen and oxygen atoms in total. The number of carboxylic acids is 1. The van der Waals surface area contributed by atoms with Crippen LogP contribution in [0.25, 0.3) is 0 Å². The lowest BCUT2D eigenvalue weighted by Gasteiger charge is -2.22. The van der Waals surface area contributed by atoms with E-state index in [-0.39, 0.29) is 18.8 Å². The summed E-state index contributed by atoms with van der Waals surface area (Å²) >= 11 is 0. The SMILES string of the molecule is CC(C)(C)OC(=O)N[C@@H](Cc1ccc(N)cc1)C(=O)O.Cl. The van der Waals surface area contributed by atoms with Crippen molar-refractivity contribution in [3.05, 3.63) is 29.8 Å². The number of nitrogens with one attached hydrogen (secondary N) is 1. The number of halogens is 1. The zero-order chi connectivity index (χ0) is 15.3. The number of carbonyl (C=O) groups is 2.